The topological polar surface area (TPSA) is 83.6 Å². The number of aromatic amines is 1. The molecule has 0 unspecified atom stereocenters. The minimum absolute atomic E-state index is 0.232. The van der Waals surface area contributed by atoms with E-state index in [4.69, 9.17) is 0 Å². The molecule has 2 N–H and O–H groups in total. The van der Waals surface area contributed by atoms with Crippen LogP contribution < -0.4 is 5.32 Å². The fourth-order valence-electron chi connectivity index (χ4n) is 1.80. The zero-order valence-corrected chi connectivity index (χ0v) is 10.4. The summed E-state index contributed by atoms with van der Waals surface area (Å²) in [5.74, 6) is -0.232. The lowest BCUT2D eigenvalue weighted by molar-refractivity contribution is 0.102. The first-order valence-electron chi connectivity index (χ1n) is 5.98. The molecule has 0 spiro atoms. The summed E-state index contributed by atoms with van der Waals surface area (Å²) in [6.07, 6.45) is 7.87. The van der Waals surface area contributed by atoms with E-state index in [0.717, 1.165) is 11.1 Å². The lowest BCUT2D eigenvalue weighted by Crippen LogP contribution is -2.12. The molecule has 2 aromatic heterocycles. The number of imidazole rings is 1. The summed E-state index contributed by atoms with van der Waals surface area (Å²) in [5.41, 5.74) is 2.95. The quantitative estimate of drug-likeness (QED) is 0.759. The molecule has 3 rings (SSSR count). The van der Waals surface area contributed by atoms with E-state index < -0.39 is 0 Å². The number of nitrogens with zero attached hydrogens (tertiary/aromatic N) is 3. The van der Waals surface area contributed by atoms with Crippen molar-refractivity contribution in [3.05, 3.63) is 61.2 Å². The van der Waals surface area contributed by atoms with Crippen LogP contribution in [0.25, 0.3) is 11.1 Å². The van der Waals surface area contributed by atoms with Crippen molar-refractivity contribution < 1.29 is 4.79 Å². The molecule has 98 valence electrons. The Morgan fingerprint density at radius 2 is 1.90 bits per heavy atom. The van der Waals surface area contributed by atoms with Crippen LogP contribution in [0.2, 0.25) is 0 Å². The zero-order valence-electron chi connectivity index (χ0n) is 10.4. The Hall–Kier alpha value is -3.02. The molecule has 0 radical (unpaired) electrons. The molecule has 0 fully saturated rings. The maximum absolute atomic E-state index is 11.9. The lowest BCUT2D eigenvalue weighted by atomic mass is 10.1. The van der Waals surface area contributed by atoms with Gasteiger partial charge in [-0.25, -0.2) is 15.0 Å². The zero-order chi connectivity index (χ0) is 13.8. The highest BCUT2D eigenvalue weighted by atomic mass is 16.1. The summed E-state index contributed by atoms with van der Waals surface area (Å²) in [4.78, 5) is 26.5. The molecular formula is C14H11N5O. The van der Waals surface area contributed by atoms with Crippen molar-refractivity contribution in [3.63, 3.8) is 0 Å². The summed E-state index contributed by atoms with van der Waals surface area (Å²) < 4.78 is 0. The Kier molecular flexibility index (Phi) is 3.20. The number of rotatable bonds is 3. The minimum Gasteiger partial charge on any atom is -0.341 e. The van der Waals surface area contributed by atoms with Crippen molar-refractivity contribution >= 4 is 11.6 Å². The number of amides is 1. The van der Waals surface area contributed by atoms with Gasteiger partial charge in [-0.3, -0.25) is 4.79 Å². The first kappa shape index (κ1) is 12.0. The normalized spacial score (nSPS) is 10.2. The number of hydrogen-bond acceptors (Lipinski definition) is 4. The second-order valence-electron chi connectivity index (χ2n) is 4.13. The van der Waals surface area contributed by atoms with Gasteiger partial charge in [0.2, 0.25) is 0 Å². The molecule has 0 aliphatic carbocycles. The molecule has 1 aromatic carbocycles. The summed E-state index contributed by atoms with van der Waals surface area (Å²) in [7, 11) is 0. The number of aromatic nitrogens is 4. The first-order chi connectivity index (χ1) is 9.83. The van der Waals surface area contributed by atoms with Gasteiger partial charge in [-0.15, -0.1) is 0 Å². The SMILES string of the molecule is O=C(Nc1cccc(-c2cncnc2)c1)c1cnc[nH]1. The predicted octanol–water partition coefficient (Wildman–Crippen LogP) is 2.12. The summed E-state index contributed by atoms with van der Waals surface area (Å²) in [6.45, 7) is 0. The number of carbonyl (C=O) groups is 1. The van der Waals surface area contributed by atoms with E-state index >= 15 is 0 Å². The second-order valence-corrected chi connectivity index (χ2v) is 4.13. The van der Waals surface area contributed by atoms with Gasteiger partial charge in [0.25, 0.3) is 5.91 Å². The summed E-state index contributed by atoms with van der Waals surface area (Å²) in [5, 5.41) is 2.80. The monoisotopic (exact) mass is 265 g/mol. The molecule has 3 aromatic rings. The molecule has 0 bridgehead atoms. The summed E-state index contributed by atoms with van der Waals surface area (Å²) >= 11 is 0. The van der Waals surface area contributed by atoms with E-state index in [1.165, 1.54) is 18.9 Å². The largest absolute Gasteiger partial charge is 0.341 e. The molecule has 2 heterocycles. The van der Waals surface area contributed by atoms with Gasteiger partial charge >= 0.3 is 0 Å². The van der Waals surface area contributed by atoms with E-state index in [0.29, 0.717) is 11.4 Å². The van der Waals surface area contributed by atoms with Crippen LogP contribution in [0, 0.1) is 0 Å². The highest BCUT2D eigenvalue weighted by Crippen LogP contribution is 2.21. The number of benzene rings is 1. The molecule has 0 aliphatic heterocycles. The van der Waals surface area contributed by atoms with Crippen molar-refractivity contribution in [2.75, 3.05) is 5.32 Å². The van der Waals surface area contributed by atoms with Crippen molar-refractivity contribution in [1.82, 2.24) is 19.9 Å². The van der Waals surface area contributed by atoms with E-state index in [9.17, 15) is 4.79 Å². The van der Waals surface area contributed by atoms with Crippen LogP contribution >= 0.6 is 0 Å². The van der Waals surface area contributed by atoms with Gasteiger partial charge in [0, 0.05) is 23.6 Å². The van der Waals surface area contributed by atoms with Crippen LogP contribution in [0.5, 0.6) is 0 Å². The van der Waals surface area contributed by atoms with E-state index in [1.54, 1.807) is 12.4 Å². The minimum atomic E-state index is -0.232. The highest BCUT2D eigenvalue weighted by Gasteiger charge is 2.07. The molecule has 1 amide bonds. The maximum Gasteiger partial charge on any atom is 0.273 e. The van der Waals surface area contributed by atoms with Crippen LogP contribution in [0.3, 0.4) is 0 Å². The Balaban J connectivity index is 1.83. The molecular weight excluding hydrogens is 254 g/mol. The Bertz CT molecular complexity index is 709. The van der Waals surface area contributed by atoms with Crippen LogP contribution in [-0.2, 0) is 0 Å². The maximum atomic E-state index is 11.9. The Morgan fingerprint density at radius 1 is 1.05 bits per heavy atom. The third-order valence-electron chi connectivity index (χ3n) is 2.76. The summed E-state index contributed by atoms with van der Waals surface area (Å²) in [6, 6.07) is 7.49. The van der Waals surface area contributed by atoms with Crippen molar-refractivity contribution in [2.24, 2.45) is 0 Å². The third-order valence-corrected chi connectivity index (χ3v) is 2.76. The molecule has 0 saturated carbocycles. The number of hydrogen-bond donors (Lipinski definition) is 2. The molecule has 6 heteroatoms. The van der Waals surface area contributed by atoms with Crippen LogP contribution in [0.1, 0.15) is 10.5 Å². The molecule has 6 nitrogen and oxygen atoms in total. The number of H-pyrrole nitrogens is 1. The van der Waals surface area contributed by atoms with Gasteiger partial charge in [0.15, 0.2) is 0 Å². The van der Waals surface area contributed by atoms with Crippen molar-refractivity contribution in [2.45, 2.75) is 0 Å². The average Bonchev–Trinajstić information content (AvgIpc) is 3.03. The van der Waals surface area contributed by atoms with Crippen molar-refractivity contribution in [3.8, 4) is 11.1 Å². The molecule has 0 aliphatic rings. The smallest absolute Gasteiger partial charge is 0.273 e. The third kappa shape index (κ3) is 2.54. The van der Waals surface area contributed by atoms with Crippen molar-refractivity contribution in [1.29, 1.82) is 0 Å². The fraction of sp³-hybridized carbons (Fsp3) is 0. The van der Waals surface area contributed by atoms with E-state index in [1.807, 2.05) is 24.3 Å². The van der Waals surface area contributed by atoms with Gasteiger partial charge in [-0.05, 0) is 17.7 Å². The molecule has 0 saturated heterocycles. The first-order valence-corrected chi connectivity index (χ1v) is 5.98. The average molecular weight is 265 g/mol. The Morgan fingerprint density at radius 3 is 2.65 bits per heavy atom. The van der Waals surface area contributed by atoms with Gasteiger partial charge in [0.05, 0.1) is 12.5 Å². The number of nitrogens with one attached hydrogen (secondary N) is 2. The highest BCUT2D eigenvalue weighted by molar-refractivity contribution is 6.02. The van der Waals surface area contributed by atoms with Gasteiger partial charge in [-0.2, -0.15) is 0 Å². The van der Waals surface area contributed by atoms with Gasteiger partial charge < -0.3 is 10.3 Å². The standard InChI is InChI=1S/C14H11N5O/c20-14(13-7-17-9-18-13)19-12-3-1-2-10(4-12)11-5-15-8-16-6-11/h1-9H,(H,17,18)(H,19,20). The molecule has 0 atom stereocenters. The lowest BCUT2D eigenvalue weighted by Gasteiger charge is -2.06. The number of carbonyl (C=O) groups excluding carboxylic acids is 1. The van der Waals surface area contributed by atoms with Gasteiger partial charge in [-0.1, -0.05) is 12.1 Å². The van der Waals surface area contributed by atoms with E-state index in [2.05, 4.69) is 25.3 Å². The van der Waals surface area contributed by atoms with Gasteiger partial charge in [0.1, 0.15) is 12.0 Å². The van der Waals surface area contributed by atoms with Crippen LogP contribution in [-0.4, -0.2) is 25.8 Å². The predicted molar refractivity (Wildman–Crippen MR) is 74.0 cm³/mol. The van der Waals surface area contributed by atoms with Crippen LogP contribution in [0.15, 0.2) is 55.5 Å². The van der Waals surface area contributed by atoms with Crippen LogP contribution in [0.4, 0.5) is 5.69 Å². The Labute approximate surface area is 114 Å². The fourth-order valence-corrected chi connectivity index (χ4v) is 1.80. The van der Waals surface area contributed by atoms with E-state index in [-0.39, 0.29) is 5.91 Å². The second kappa shape index (κ2) is 5.31. The number of anilines is 1. The molecule has 20 heavy (non-hydrogen) atoms.